The molecular weight excluding hydrogens is 248 g/mol. The monoisotopic (exact) mass is 266 g/mol. The number of aliphatic carboxylic acids is 1. The Morgan fingerprint density at radius 1 is 1.53 bits per heavy atom. The Kier molecular flexibility index (Phi) is 5.29. The summed E-state index contributed by atoms with van der Waals surface area (Å²) in [5, 5.41) is 22.5. The van der Waals surface area contributed by atoms with Crippen molar-refractivity contribution < 1.29 is 14.8 Å². The summed E-state index contributed by atoms with van der Waals surface area (Å²) in [4.78, 5) is 20.8. The van der Waals surface area contributed by atoms with Crippen molar-refractivity contribution in [2.45, 2.75) is 39.2 Å². The molecule has 19 heavy (non-hydrogen) atoms. The molecule has 0 spiro atoms. The number of hydrogen-bond donors (Lipinski definition) is 2. The van der Waals surface area contributed by atoms with E-state index in [-0.39, 0.29) is 18.2 Å². The van der Waals surface area contributed by atoms with Gasteiger partial charge < -0.3 is 10.4 Å². The molecule has 0 bridgehead atoms. The number of carboxylic acids is 1. The molecular formula is C13H18N2O4. The third-order valence-corrected chi connectivity index (χ3v) is 2.85. The maximum atomic E-state index is 10.8. The SMILES string of the molecule is Cc1ccc(NC(C)CCCC(=O)O)cc1[N+](=O)[O-]. The van der Waals surface area contributed by atoms with Crippen LogP contribution in [-0.4, -0.2) is 22.0 Å². The molecule has 0 fully saturated rings. The summed E-state index contributed by atoms with van der Waals surface area (Å²) in [5.41, 5.74) is 1.39. The summed E-state index contributed by atoms with van der Waals surface area (Å²) >= 11 is 0. The zero-order valence-corrected chi connectivity index (χ0v) is 11.0. The lowest BCUT2D eigenvalue weighted by molar-refractivity contribution is -0.385. The number of rotatable bonds is 7. The van der Waals surface area contributed by atoms with Crippen LogP contribution < -0.4 is 5.32 Å². The lowest BCUT2D eigenvalue weighted by atomic mass is 10.1. The van der Waals surface area contributed by atoms with Gasteiger partial charge >= 0.3 is 5.97 Å². The fraction of sp³-hybridized carbons (Fsp3) is 0.462. The Hall–Kier alpha value is -2.11. The van der Waals surface area contributed by atoms with Crippen LogP contribution in [0, 0.1) is 17.0 Å². The Bertz CT molecular complexity index is 474. The van der Waals surface area contributed by atoms with Gasteiger partial charge in [-0.3, -0.25) is 14.9 Å². The van der Waals surface area contributed by atoms with Crippen molar-refractivity contribution >= 4 is 17.3 Å². The van der Waals surface area contributed by atoms with E-state index in [4.69, 9.17) is 5.11 Å². The zero-order chi connectivity index (χ0) is 14.4. The van der Waals surface area contributed by atoms with Crippen LogP contribution in [0.4, 0.5) is 11.4 Å². The normalized spacial score (nSPS) is 11.9. The van der Waals surface area contributed by atoms with Gasteiger partial charge in [-0.05, 0) is 32.8 Å². The van der Waals surface area contributed by atoms with Crippen LogP contribution in [-0.2, 0) is 4.79 Å². The third-order valence-electron chi connectivity index (χ3n) is 2.85. The third kappa shape index (κ3) is 4.95. The Labute approximate surface area is 111 Å². The maximum absolute atomic E-state index is 10.8. The van der Waals surface area contributed by atoms with Gasteiger partial charge in [0.2, 0.25) is 0 Å². The topological polar surface area (TPSA) is 92.5 Å². The first-order valence-corrected chi connectivity index (χ1v) is 6.13. The van der Waals surface area contributed by atoms with Crippen LogP contribution in [0.5, 0.6) is 0 Å². The number of hydrogen-bond acceptors (Lipinski definition) is 4. The van der Waals surface area contributed by atoms with Gasteiger partial charge in [-0.1, -0.05) is 6.07 Å². The van der Waals surface area contributed by atoms with Crippen molar-refractivity contribution in [1.82, 2.24) is 0 Å². The molecule has 0 aliphatic rings. The molecule has 1 aromatic rings. The van der Waals surface area contributed by atoms with Crippen LogP contribution in [0.1, 0.15) is 31.7 Å². The van der Waals surface area contributed by atoms with Crippen molar-refractivity contribution in [2.75, 3.05) is 5.32 Å². The number of nitrogens with zero attached hydrogens (tertiary/aromatic N) is 1. The quantitative estimate of drug-likeness (QED) is 0.584. The zero-order valence-electron chi connectivity index (χ0n) is 11.0. The predicted octanol–water partition coefficient (Wildman–Crippen LogP) is 2.96. The van der Waals surface area contributed by atoms with E-state index in [1.54, 1.807) is 19.1 Å². The summed E-state index contributed by atoms with van der Waals surface area (Å²) in [6.45, 7) is 3.62. The summed E-state index contributed by atoms with van der Waals surface area (Å²) in [6, 6.07) is 5.06. The number of carboxylic acid groups (broad SMARTS) is 1. The van der Waals surface area contributed by atoms with Crippen LogP contribution >= 0.6 is 0 Å². The number of aryl methyl sites for hydroxylation is 1. The van der Waals surface area contributed by atoms with Gasteiger partial charge in [0.05, 0.1) is 4.92 Å². The first-order chi connectivity index (χ1) is 8.90. The van der Waals surface area contributed by atoms with E-state index in [1.807, 2.05) is 6.92 Å². The highest BCUT2D eigenvalue weighted by atomic mass is 16.6. The van der Waals surface area contributed by atoms with E-state index in [2.05, 4.69) is 5.32 Å². The van der Waals surface area contributed by atoms with Crippen molar-refractivity contribution in [3.8, 4) is 0 Å². The van der Waals surface area contributed by atoms with Crippen LogP contribution in [0.2, 0.25) is 0 Å². The highest BCUT2D eigenvalue weighted by molar-refractivity contribution is 5.66. The fourth-order valence-corrected chi connectivity index (χ4v) is 1.81. The molecule has 0 aliphatic heterocycles. The number of benzene rings is 1. The van der Waals surface area contributed by atoms with Crippen molar-refractivity contribution in [1.29, 1.82) is 0 Å². The molecule has 1 aromatic carbocycles. The van der Waals surface area contributed by atoms with Gasteiger partial charge in [0.1, 0.15) is 0 Å². The average molecular weight is 266 g/mol. The molecule has 0 amide bonds. The molecule has 104 valence electrons. The molecule has 0 saturated heterocycles. The lowest BCUT2D eigenvalue weighted by Gasteiger charge is -2.14. The second-order valence-electron chi connectivity index (χ2n) is 4.59. The predicted molar refractivity (Wildman–Crippen MR) is 72.4 cm³/mol. The largest absolute Gasteiger partial charge is 0.481 e. The molecule has 1 unspecified atom stereocenters. The van der Waals surface area contributed by atoms with Gasteiger partial charge in [0.25, 0.3) is 5.69 Å². The van der Waals surface area contributed by atoms with Gasteiger partial charge in [0, 0.05) is 29.8 Å². The Morgan fingerprint density at radius 2 is 2.21 bits per heavy atom. The van der Waals surface area contributed by atoms with Crippen LogP contribution in [0.25, 0.3) is 0 Å². The van der Waals surface area contributed by atoms with Gasteiger partial charge in [-0.2, -0.15) is 0 Å². The number of carbonyl (C=O) groups is 1. The van der Waals surface area contributed by atoms with E-state index in [9.17, 15) is 14.9 Å². The minimum Gasteiger partial charge on any atom is -0.481 e. The maximum Gasteiger partial charge on any atom is 0.303 e. The highest BCUT2D eigenvalue weighted by Crippen LogP contribution is 2.23. The molecule has 0 heterocycles. The van der Waals surface area contributed by atoms with Gasteiger partial charge in [-0.25, -0.2) is 0 Å². The standard InChI is InChI=1S/C13H18N2O4/c1-9-6-7-11(8-12(9)15(18)19)14-10(2)4-3-5-13(16)17/h6-8,10,14H,3-5H2,1-2H3,(H,16,17). The van der Waals surface area contributed by atoms with E-state index in [0.29, 0.717) is 24.1 Å². The summed E-state index contributed by atoms with van der Waals surface area (Å²) in [7, 11) is 0. The van der Waals surface area contributed by atoms with E-state index in [1.165, 1.54) is 6.07 Å². The second kappa shape index (κ2) is 6.72. The Morgan fingerprint density at radius 3 is 2.79 bits per heavy atom. The number of nitro benzene ring substituents is 1. The first kappa shape index (κ1) is 14.9. The van der Waals surface area contributed by atoms with E-state index < -0.39 is 10.9 Å². The molecule has 6 nitrogen and oxygen atoms in total. The van der Waals surface area contributed by atoms with Crippen molar-refractivity contribution in [3.05, 3.63) is 33.9 Å². The van der Waals surface area contributed by atoms with E-state index in [0.717, 1.165) is 0 Å². The number of anilines is 1. The Balaban J connectivity index is 2.59. The molecule has 0 aliphatic carbocycles. The van der Waals surface area contributed by atoms with Crippen molar-refractivity contribution in [2.24, 2.45) is 0 Å². The molecule has 0 radical (unpaired) electrons. The lowest BCUT2D eigenvalue weighted by Crippen LogP contribution is -2.15. The smallest absolute Gasteiger partial charge is 0.303 e. The van der Waals surface area contributed by atoms with Crippen LogP contribution in [0.3, 0.4) is 0 Å². The number of nitro groups is 1. The van der Waals surface area contributed by atoms with Crippen molar-refractivity contribution in [3.63, 3.8) is 0 Å². The molecule has 6 heteroatoms. The summed E-state index contributed by atoms with van der Waals surface area (Å²) in [6.07, 6.45) is 1.42. The molecule has 0 aromatic heterocycles. The highest BCUT2D eigenvalue weighted by Gasteiger charge is 2.12. The summed E-state index contributed by atoms with van der Waals surface area (Å²) in [5.74, 6) is -0.807. The number of nitrogens with one attached hydrogen (secondary N) is 1. The molecule has 1 atom stereocenters. The molecule has 0 saturated carbocycles. The van der Waals surface area contributed by atoms with Gasteiger partial charge in [-0.15, -0.1) is 0 Å². The minimum absolute atomic E-state index is 0.0710. The molecule has 1 rings (SSSR count). The minimum atomic E-state index is -0.807. The fourth-order valence-electron chi connectivity index (χ4n) is 1.81. The second-order valence-corrected chi connectivity index (χ2v) is 4.59. The van der Waals surface area contributed by atoms with Crippen LogP contribution in [0.15, 0.2) is 18.2 Å². The average Bonchev–Trinajstić information content (AvgIpc) is 2.30. The first-order valence-electron chi connectivity index (χ1n) is 6.13. The van der Waals surface area contributed by atoms with Gasteiger partial charge in [0.15, 0.2) is 0 Å². The summed E-state index contributed by atoms with van der Waals surface area (Å²) < 4.78 is 0. The molecule has 2 N–H and O–H groups in total. The van der Waals surface area contributed by atoms with E-state index >= 15 is 0 Å².